The van der Waals surface area contributed by atoms with Crippen LogP contribution in [0.15, 0.2) is 12.4 Å². The Balaban J connectivity index is 2.12. The van der Waals surface area contributed by atoms with Crippen molar-refractivity contribution in [3.8, 4) is 0 Å². The lowest BCUT2D eigenvalue weighted by Crippen LogP contribution is -2.47. The molecule has 0 amide bonds. The van der Waals surface area contributed by atoms with Crippen molar-refractivity contribution >= 4 is 5.95 Å². The van der Waals surface area contributed by atoms with E-state index in [0.717, 1.165) is 24.7 Å². The fraction of sp³-hybridized carbons (Fsp3) is 0.667. The van der Waals surface area contributed by atoms with E-state index in [9.17, 15) is 0 Å². The van der Waals surface area contributed by atoms with Gasteiger partial charge in [-0.2, -0.15) is 0 Å². The summed E-state index contributed by atoms with van der Waals surface area (Å²) in [5, 5.41) is 0. The van der Waals surface area contributed by atoms with Crippen molar-refractivity contribution in [1.82, 2.24) is 9.97 Å². The van der Waals surface area contributed by atoms with E-state index in [2.05, 4.69) is 35.6 Å². The lowest BCUT2D eigenvalue weighted by molar-refractivity contribution is 0.00960. The summed E-state index contributed by atoms with van der Waals surface area (Å²) >= 11 is 0. The van der Waals surface area contributed by atoms with E-state index in [4.69, 9.17) is 4.74 Å². The van der Waals surface area contributed by atoms with Crippen molar-refractivity contribution in [2.24, 2.45) is 0 Å². The Kier molecular flexibility index (Phi) is 2.84. The third kappa shape index (κ3) is 2.16. The standard InChI is InChI=1S/C12H19N3O/c1-12(2,3)9-5-13-11(14-6-9)15(4)10-7-16-8-10/h5-6,10H,7-8H2,1-4H3. The van der Waals surface area contributed by atoms with Crippen molar-refractivity contribution in [2.45, 2.75) is 32.2 Å². The molecule has 16 heavy (non-hydrogen) atoms. The maximum absolute atomic E-state index is 5.16. The fourth-order valence-corrected chi connectivity index (χ4v) is 1.50. The van der Waals surface area contributed by atoms with Crippen LogP contribution in [0.2, 0.25) is 0 Å². The van der Waals surface area contributed by atoms with Crippen LogP contribution in [0, 0.1) is 0 Å². The molecule has 0 unspecified atom stereocenters. The van der Waals surface area contributed by atoms with Crippen LogP contribution in [-0.4, -0.2) is 36.3 Å². The lowest BCUT2D eigenvalue weighted by Gasteiger charge is -2.34. The molecular weight excluding hydrogens is 202 g/mol. The van der Waals surface area contributed by atoms with Gasteiger partial charge in [-0.3, -0.25) is 0 Å². The minimum Gasteiger partial charge on any atom is -0.377 e. The molecule has 1 aliphatic rings. The maximum atomic E-state index is 5.16. The number of ether oxygens (including phenoxy) is 1. The van der Waals surface area contributed by atoms with Gasteiger partial charge in [-0.05, 0) is 11.0 Å². The van der Waals surface area contributed by atoms with Crippen LogP contribution in [0.5, 0.6) is 0 Å². The van der Waals surface area contributed by atoms with E-state index in [1.165, 1.54) is 0 Å². The van der Waals surface area contributed by atoms with Crippen molar-refractivity contribution in [2.75, 3.05) is 25.2 Å². The minimum absolute atomic E-state index is 0.108. The van der Waals surface area contributed by atoms with Gasteiger partial charge in [-0.1, -0.05) is 20.8 Å². The summed E-state index contributed by atoms with van der Waals surface area (Å²) in [7, 11) is 2.01. The summed E-state index contributed by atoms with van der Waals surface area (Å²) < 4.78 is 5.16. The van der Waals surface area contributed by atoms with E-state index < -0.39 is 0 Å². The minimum atomic E-state index is 0.108. The van der Waals surface area contributed by atoms with Gasteiger partial charge in [-0.15, -0.1) is 0 Å². The molecule has 0 bridgehead atoms. The molecule has 4 nitrogen and oxygen atoms in total. The number of anilines is 1. The summed E-state index contributed by atoms with van der Waals surface area (Å²) in [6, 6.07) is 0.431. The van der Waals surface area contributed by atoms with E-state index in [1.807, 2.05) is 19.4 Å². The third-order valence-corrected chi connectivity index (χ3v) is 2.99. The Hall–Kier alpha value is -1.16. The van der Waals surface area contributed by atoms with Crippen LogP contribution in [0.3, 0.4) is 0 Å². The van der Waals surface area contributed by atoms with Crippen molar-refractivity contribution < 1.29 is 4.74 Å². The first-order chi connectivity index (χ1) is 7.48. The zero-order chi connectivity index (χ0) is 11.8. The zero-order valence-corrected chi connectivity index (χ0v) is 10.4. The number of nitrogens with zero attached hydrogens (tertiary/aromatic N) is 3. The van der Waals surface area contributed by atoms with E-state index in [-0.39, 0.29) is 5.41 Å². The smallest absolute Gasteiger partial charge is 0.225 e. The highest BCUT2D eigenvalue weighted by atomic mass is 16.5. The average molecular weight is 221 g/mol. The Morgan fingerprint density at radius 3 is 2.19 bits per heavy atom. The molecule has 0 radical (unpaired) electrons. The number of rotatable bonds is 2. The molecular formula is C12H19N3O. The van der Waals surface area contributed by atoms with Crippen LogP contribution in [-0.2, 0) is 10.2 Å². The highest BCUT2D eigenvalue weighted by molar-refractivity contribution is 5.32. The summed E-state index contributed by atoms with van der Waals surface area (Å²) in [5.41, 5.74) is 1.27. The average Bonchev–Trinajstić information content (AvgIpc) is 2.14. The lowest BCUT2D eigenvalue weighted by atomic mass is 9.89. The van der Waals surface area contributed by atoms with Crippen molar-refractivity contribution in [3.05, 3.63) is 18.0 Å². The molecule has 0 spiro atoms. The third-order valence-electron chi connectivity index (χ3n) is 2.99. The molecule has 2 rings (SSSR count). The molecule has 88 valence electrons. The van der Waals surface area contributed by atoms with Crippen molar-refractivity contribution in [3.63, 3.8) is 0 Å². The van der Waals surface area contributed by atoms with Gasteiger partial charge in [0, 0.05) is 19.4 Å². The molecule has 1 saturated heterocycles. The Morgan fingerprint density at radius 2 is 1.81 bits per heavy atom. The molecule has 4 heteroatoms. The second-order valence-corrected chi connectivity index (χ2v) is 5.32. The Bertz CT molecular complexity index is 352. The number of aromatic nitrogens is 2. The molecule has 0 aromatic carbocycles. The summed E-state index contributed by atoms with van der Waals surface area (Å²) in [4.78, 5) is 10.9. The van der Waals surface area contributed by atoms with Gasteiger partial charge < -0.3 is 9.64 Å². The summed E-state index contributed by atoms with van der Waals surface area (Å²) in [6.07, 6.45) is 3.83. The van der Waals surface area contributed by atoms with Gasteiger partial charge in [0.25, 0.3) is 0 Å². The number of likely N-dealkylation sites (N-methyl/N-ethyl adjacent to an activating group) is 1. The highest BCUT2D eigenvalue weighted by Gasteiger charge is 2.25. The number of hydrogen-bond acceptors (Lipinski definition) is 4. The van der Waals surface area contributed by atoms with Crippen LogP contribution >= 0.6 is 0 Å². The van der Waals surface area contributed by atoms with E-state index in [0.29, 0.717) is 6.04 Å². The second-order valence-electron chi connectivity index (χ2n) is 5.32. The van der Waals surface area contributed by atoms with Crippen LogP contribution in [0.1, 0.15) is 26.3 Å². The van der Waals surface area contributed by atoms with Gasteiger partial charge in [0.15, 0.2) is 0 Å². The van der Waals surface area contributed by atoms with E-state index >= 15 is 0 Å². The topological polar surface area (TPSA) is 38.2 Å². The normalized spacial score (nSPS) is 17.0. The monoisotopic (exact) mass is 221 g/mol. The summed E-state index contributed by atoms with van der Waals surface area (Å²) in [5.74, 6) is 0.779. The quantitative estimate of drug-likeness (QED) is 0.760. The van der Waals surface area contributed by atoms with Crippen LogP contribution < -0.4 is 4.90 Å². The first-order valence-electron chi connectivity index (χ1n) is 5.61. The number of hydrogen-bond donors (Lipinski definition) is 0. The molecule has 0 saturated carbocycles. The molecule has 1 aliphatic heterocycles. The van der Waals surface area contributed by atoms with Gasteiger partial charge in [0.1, 0.15) is 0 Å². The first kappa shape index (κ1) is 11.3. The largest absolute Gasteiger partial charge is 0.377 e. The van der Waals surface area contributed by atoms with Gasteiger partial charge in [-0.25, -0.2) is 9.97 Å². The predicted octanol–water partition coefficient (Wildman–Crippen LogP) is 1.61. The molecule has 0 N–H and O–H groups in total. The van der Waals surface area contributed by atoms with Gasteiger partial charge >= 0.3 is 0 Å². The molecule has 1 aromatic heterocycles. The second kappa shape index (κ2) is 4.01. The van der Waals surface area contributed by atoms with Crippen LogP contribution in [0.25, 0.3) is 0 Å². The molecule has 0 aliphatic carbocycles. The fourth-order valence-electron chi connectivity index (χ4n) is 1.50. The van der Waals surface area contributed by atoms with Crippen molar-refractivity contribution in [1.29, 1.82) is 0 Å². The van der Waals surface area contributed by atoms with Gasteiger partial charge in [0.05, 0.1) is 19.3 Å². The van der Waals surface area contributed by atoms with Crippen LogP contribution in [0.4, 0.5) is 5.95 Å². The molecule has 2 heterocycles. The highest BCUT2D eigenvalue weighted by Crippen LogP contribution is 2.22. The van der Waals surface area contributed by atoms with E-state index in [1.54, 1.807) is 0 Å². The maximum Gasteiger partial charge on any atom is 0.225 e. The Morgan fingerprint density at radius 1 is 1.25 bits per heavy atom. The molecule has 1 aromatic rings. The predicted molar refractivity (Wildman–Crippen MR) is 63.7 cm³/mol. The summed E-state index contributed by atoms with van der Waals surface area (Å²) in [6.45, 7) is 8.04. The van der Waals surface area contributed by atoms with Gasteiger partial charge in [0.2, 0.25) is 5.95 Å². The Labute approximate surface area is 96.7 Å². The first-order valence-corrected chi connectivity index (χ1v) is 5.61. The molecule has 1 fully saturated rings. The zero-order valence-electron chi connectivity index (χ0n) is 10.4. The molecule has 0 atom stereocenters. The SMILES string of the molecule is CN(c1ncc(C(C)(C)C)cn1)C1COC1.